The molecule has 0 unspecified atom stereocenters. The van der Waals surface area contributed by atoms with Crippen LogP contribution in [-0.4, -0.2) is 47.1 Å². The van der Waals surface area contributed by atoms with Gasteiger partial charge < -0.3 is 4.90 Å². The number of aromatic nitrogens is 2. The molecule has 1 saturated heterocycles. The molecule has 1 aromatic heterocycles. The number of hydrogen-bond acceptors (Lipinski definition) is 4. The van der Waals surface area contributed by atoms with Gasteiger partial charge in [-0.1, -0.05) is 19.1 Å². The predicted octanol–water partition coefficient (Wildman–Crippen LogP) is 3.33. The van der Waals surface area contributed by atoms with Crippen molar-refractivity contribution in [2.45, 2.75) is 38.6 Å². The maximum Gasteiger partial charge on any atom is 0.139 e. The molecule has 2 aromatic rings. The fraction of sp³-hybridized carbons (Fsp3) is 0.579. The summed E-state index contributed by atoms with van der Waals surface area (Å²) >= 11 is 0. The summed E-state index contributed by atoms with van der Waals surface area (Å²) in [6, 6.07) is 9.14. The Morgan fingerprint density at radius 2 is 1.65 bits per heavy atom. The molecule has 0 bridgehead atoms. The summed E-state index contributed by atoms with van der Waals surface area (Å²) in [7, 11) is 0. The highest BCUT2D eigenvalue weighted by molar-refractivity contribution is 5.89. The third-order valence-corrected chi connectivity index (χ3v) is 5.64. The van der Waals surface area contributed by atoms with Crippen LogP contribution < -0.4 is 4.90 Å². The molecule has 4 heteroatoms. The number of benzene rings is 1. The van der Waals surface area contributed by atoms with Gasteiger partial charge in [-0.15, -0.1) is 0 Å². The molecule has 122 valence electrons. The fourth-order valence-corrected chi connectivity index (χ4v) is 4.15. The third kappa shape index (κ3) is 3.05. The summed E-state index contributed by atoms with van der Waals surface area (Å²) in [4.78, 5) is 14.1. The minimum absolute atomic E-state index is 0.815. The number of para-hydroxylation sites is 1. The van der Waals surface area contributed by atoms with Gasteiger partial charge in [0.05, 0.1) is 5.52 Å². The molecule has 2 heterocycles. The zero-order chi connectivity index (χ0) is 15.6. The molecule has 0 spiro atoms. The molecular formula is C19H26N4. The Bertz CT molecular complexity index is 650. The van der Waals surface area contributed by atoms with Gasteiger partial charge in [0.2, 0.25) is 0 Å². The third-order valence-electron chi connectivity index (χ3n) is 5.64. The van der Waals surface area contributed by atoms with Crippen LogP contribution >= 0.6 is 0 Å². The first kappa shape index (κ1) is 14.9. The largest absolute Gasteiger partial charge is 0.353 e. The molecule has 2 fully saturated rings. The summed E-state index contributed by atoms with van der Waals surface area (Å²) in [5, 5.41) is 1.18. The average molecular weight is 310 g/mol. The van der Waals surface area contributed by atoms with E-state index >= 15 is 0 Å². The van der Waals surface area contributed by atoms with Crippen LogP contribution in [0.1, 0.15) is 32.6 Å². The Morgan fingerprint density at radius 1 is 0.913 bits per heavy atom. The first-order chi connectivity index (χ1) is 11.3. The quantitative estimate of drug-likeness (QED) is 0.851. The van der Waals surface area contributed by atoms with E-state index in [-0.39, 0.29) is 0 Å². The van der Waals surface area contributed by atoms with E-state index in [1.165, 1.54) is 31.1 Å². The van der Waals surface area contributed by atoms with E-state index in [4.69, 9.17) is 0 Å². The lowest BCUT2D eigenvalue weighted by atomic mass is 9.86. The van der Waals surface area contributed by atoms with E-state index in [0.717, 1.165) is 49.5 Å². The highest BCUT2D eigenvalue weighted by atomic mass is 15.3. The first-order valence-electron chi connectivity index (χ1n) is 9.00. The second-order valence-corrected chi connectivity index (χ2v) is 7.15. The second kappa shape index (κ2) is 6.44. The SMILES string of the molecule is CC1CCC(N2CCN(c3ncnc4ccccc34)CC2)CC1. The van der Waals surface area contributed by atoms with E-state index in [1.54, 1.807) is 6.33 Å². The molecule has 1 aromatic carbocycles. The highest BCUT2D eigenvalue weighted by Crippen LogP contribution is 2.29. The summed E-state index contributed by atoms with van der Waals surface area (Å²) in [6.45, 7) is 6.88. The summed E-state index contributed by atoms with van der Waals surface area (Å²) in [6.07, 6.45) is 7.28. The second-order valence-electron chi connectivity index (χ2n) is 7.15. The fourth-order valence-electron chi connectivity index (χ4n) is 4.15. The topological polar surface area (TPSA) is 32.3 Å². The number of hydrogen-bond donors (Lipinski definition) is 0. The number of anilines is 1. The molecule has 0 amide bonds. The lowest BCUT2D eigenvalue weighted by Gasteiger charge is -2.42. The highest BCUT2D eigenvalue weighted by Gasteiger charge is 2.27. The molecule has 4 rings (SSSR count). The van der Waals surface area contributed by atoms with Gasteiger partial charge in [0.25, 0.3) is 0 Å². The van der Waals surface area contributed by atoms with Crippen LogP contribution in [0, 0.1) is 5.92 Å². The summed E-state index contributed by atoms with van der Waals surface area (Å²) < 4.78 is 0. The lowest BCUT2D eigenvalue weighted by molar-refractivity contribution is 0.132. The number of piperazine rings is 1. The van der Waals surface area contributed by atoms with Crippen molar-refractivity contribution in [1.29, 1.82) is 0 Å². The molecular weight excluding hydrogens is 284 g/mol. The maximum atomic E-state index is 4.57. The van der Waals surface area contributed by atoms with Crippen molar-refractivity contribution in [3.8, 4) is 0 Å². The van der Waals surface area contributed by atoms with Gasteiger partial charge in [-0.05, 0) is 43.7 Å². The van der Waals surface area contributed by atoms with E-state index in [2.05, 4.69) is 44.9 Å². The number of fused-ring (bicyclic) bond motifs is 1. The van der Waals surface area contributed by atoms with Gasteiger partial charge >= 0.3 is 0 Å². The Morgan fingerprint density at radius 3 is 2.43 bits per heavy atom. The minimum atomic E-state index is 0.815. The van der Waals surface area contributed by atoms with Crippen molar-refractivity contribution >= 4 is 16.7 Å². The van der Waals surface area contributed by atoms with Crippen LogP contribution in [0.2, 0.25) is 0 Å². The summed E-state index contributed by atoms with van der Waals surface area (Å²) in [5.41, 5.74) is 1.04. The van der Waals surface area contributed by atoms with Gasteiger partial charge in [-0.3, -0.25) is 4.90 Å². The van der Waals surface area contributed by atoms with Gasteiger partial charge in [-0.2, -0.15) is 0 Å². The minimum Gasteiger partial charge on any atom is -0.353 e. The van der Waals surface area contributed by atoms with Crippen LogP contribution in [0.25, 0.3) is 10.9 Å². The molecule has 2 aliphatic rings. The van der Waals surface area contributed by atoms with Crippen LogP contribution in [0.15, 0.2) is 30.6 Å². The van der Waals surface area contributed by atoms with Crippen LogP contribution in [0.5, 0.6) is 0 Å². The standard InChI is InChI=1S/C19H26N4/c1-15-6-8-16(9-7-15)22-10-12-23(13-11-22)19-17-4-2-3-5-18(17)20-14-21-19/h2-5,14-16H,6-13H2,1H3. The Labute approximate surface area is 138 Å². The molecule has 0 radical (unpaired) electrons. The molecule has 1 aliphatic carbocycles. The molecule has 0 atom stereocenters. The first-order valence-corrected chi connectivity index (χ1v) is 9.00. The zero-order valence-corrected chi connectivity index (χ0v) is 14.0. The molecule has 23 heavy (non-hydrogen) atoms. The van der Waals surface area contributed by atoms with Crippen molar-refractivity contribution in [3.05, 3.63) is 30.6 Å². The predicted molar refractivity (Wildman–Crippen MR) is 94.7 cm³/mol. The Balaban J connectivity index is 1.45. The van der Waals surface area contributed by atoms with E-state index in [0.29, 0.717) is 0 Å². The van der Waals surface area contributed by atoms with Crippen molar-refractivity contribution in [2.24, 2.45) is 5.92 Å². The monoisotopic (exact) mass is 310 g/mol. The molecule has 1 aliphatic heterocycles. The maximum absolute atomic E-state index is 4.57. The van der Waals surface area contributed by atoms with Crippen LogP contribution in [0.3, 0.4) is 0 Å². The summed E-state index contributed by atoms with van der Waals surface area (Å²) in [5.74, 6) is 2.03. The zero-order valence-electron chi connectivity index (χ0n) is 14.0. The Hall–Kier alpha value is -1.68. The lowest BCUT2D eigenvalue weighted by Crippen LogP contribution is -2.51. The van der Waals surface area contributed by atoms with E-state index in [9.17, 15) is 0 Å². The normalized spacial score (nSPS) is 26.6. The van der Waals surface area contributed by atoms with Gasteiger partial charge in [-0.25, -0.2) is 9.97 Å². The molecule has 4 nitrogen and oxygen atoms in total. The Kier molecular flexibility index (Phi) is 4.17. The van der Waals surface area contributed by atoms with Crippen molar-refractivity contribution in [3.63, 3.8) is 0 Å². The van der Waals surface area contributed by atoms with E-state index < -0.39 is 0 Å². The smallest absolute Gasteiger partial charge is 0.139 e. The average Bonchev–Trinajstić information content (AvgIpc) is 2.62. The van der Waals surface area contributed by atoms with Crippen molar-refractivity contribution in [1.82, 2.24) is 14.9 Å². The van der Waals surface area contributed by atoms with Gasteiger partial charge in [0.15, 0.2) is 0 Å². The van der Waals surface area contributed by atoms with E-state index in [1.807, 2.05) is 6.07 Å². The number of rotatable bonds is 2. The van der Waals surface area contributed by atoms with Crippen LogP contribution in [0.4, 0.5) is 5.82 Å². The van der Waals surface area contributed by atoms with Crippen molar-refractivity contribution in [2.75, 3.05) is 31.1 Å². The van der Waals surface area contributed by atoms with Crippen molar-refractivity contribution < 1.29 is 0 Å². The number of nitrogens with zero attached hydrogens (tertiary/aromatic N) is 4. The van der Waals surface area contributed by atoms with Gasteiger partial charge in [0, 0.05) is 37.6 Å². The van der Waals surface area contributed by atoms with Crippen LogP contribution in [-0.2, 0) is 0 Å². The van der Waals surface area contributed by atoms with Gasteiger partial charge in [0.1, 0.15) is 12.1 Å². The molecule has 0 N–H and O–H groups in total. The molecule has 1 saturated carbocycles.